The highest BCUT2D eigenvalue weighted by molar-refractivity contribution is 7.07. The summed E-state index contributed by atoms with van der Waals surface area (Å²) >= 11 is 1.70. The van der Waals surface area contributed by atoms with E-state index in [0.717, 1.165) is 19.0 Å². The van der Waals surface area contributed by atoms with Gasteiger partial charge in [0.2, 0.25) is 0 Å². The predicted octanol–water partition coefficient (Wildman–Crippen LogP) is 2.29. The standard InChI is InChI=1S/C12H19N3S/c1-10-2-5-15(6-3-10)12(13)14-8-11-4-7-16-9-11/h4,7,9-10H,2-3,5-6,8H2,1H3,(H2,13,14). The molecule has 0 saturated carbocycles. The maximum Gasteiger partial charge on any atom is 0.191 e. The lowest BCUT2D eigenvalue weighted by Crippen LogP contribution is -2.42. The van der Waals surface area contributed by atoms with Gasteiger partial charge in [-0.15, -0.1) is 0 Å². The zero-order valence-electron chi connectivity index (χ0n) is 9.72. The SMILES string of the molecule is CC1CCN(C(N)=NCc2ccsc2)CC1. The van der Waals surface area contributed by atoms with E-state index in [1.807, 2.05) is 0 Å². The maximum absolute atomic E-state index is 5.99. The van der Waals surface area contributed by atoms with Gasteiger partial charge in [0.1, 0.15) is 0 Å². The number of thiophene rings is 1. The Morgan fingerprint density at radius 1 is 1.56 bits per heavy atom. The highest BCUT2D eigenvalue weighted by atomic mass is 32.1. The topological polar surface area (TPSA) is 41.6 Å². The maximum atomic E-state index is 5.99. The Bertz CT molecular complexity index is 337. The van der Waals surface area contributed by atoms with E-state index in [1.165, 1.54) is 18.4 Å². The highest BCUT2D eigenvalue weighted by Crippen LogP contribution is 2.15. The van der Waals surface area contributed by atoms with Crippen LogP contribution in [-0.2, 0) is 6.54 Å². The zero-order valence-corrected chi connectivity index (χ0v) is 10.5. The van der Waals surface area contributed by atoms with Crippen LogP contribution in [0.1, 0.15) is 25.3 Å². The van der Waals surface area contributed by atoms with Crippen molar-refractivity contribution in [2.75, 3.05) is 13.1 Å². The summed E-state index contributed by atoms with van der Waals surface area (Å²) in [4.78, 5) is 6.64. The Kier molecular flexibility index (Phi) is 3.83. The molecule has 1 aromatic heterocycles. The van der Waals surface area contributed by atoms with Crippen LogP contribution in [0.4, 0.5) is 0 Å². The molecule has 1 aliphatic rings. The van der Waals surface area contributed by atoms with E-state index in [-0.39, 0.29) is 0 Å². The van der Waals surface area contributed by atoms with Gasteiger partial charge in [0.25, 0.3) is 0 Å². The van der Waals surface area contributed by atoms with Gasteiger partial charge in [-0.1, -0.05) is 6.92 Å². The van der Waals surface area contributed by atoms with Crippen LogP contribution in [0.5, 0.6) is 0 Å². The molecule has 1 aromatic rings. The van der Waals surface area contributed by atoms with Gasteiger partial charge >= 0.3 is 0 Å². The van der Waals surface area contributed by atoms with Crippen molar-refractivity contribution in [1.82, 2.24) is 4.90 Å². The Balaban J connectivity index is 1.86. The van der Waals surface area contributed by atoms with Crippen molar-refractivity contribution in [3.63, 3.8) is 0 Å². The van der Waals surface area contributed by atoms with Crippen molar-refractivity contribution < 1.29 is 0 Å². The fourth-order valence-corrected chi connectivity index (χ4v) is 2.55. The van der Waals surface area contributed by atoms with Gasteiger partial charge in [0.15, 0.2) is 5.96 Å². The van der Waals surface area contributed by atoms with Crippen LogP contribution in [0.3, 0.4) is 0 Å². The van der Waals surface area contributed by atoms with Crippen LogP contribution >= 0.6 is 11.3 Å². The first-order chi connectivity index (χ1) is 7.75. The predicted molar refractivity (Wildman–Crippen MR) is 69.6 cm³/mol. The average molecular weight is 237 g/mol. The van der Waals surface area contributed by atoms with Gasteiger partial charge in [0.05, 0.1) is 6.54 Å². The van der Waals surface area contributed by atoms with E-state index >= 15 is 0 Å². The number of piperidine rings is 1. The minimum Gasteiger partial charge on any atom is -0.370 e. The third kappa shape index (κ3) is 2.98. The van der Waals surface area contributed by atoms with E-state index in [1.54, 1.807) is 11.3 Å². The number of rotatable bonds is 2. The van der Waals surface area contributed by atoms with E-state index in [4.69, 9.17) is 5.73 Å². The lowest BCUT2D eigenvalue weighted by Gasteiger charge is -2.30. The van der Waals surface area contributed by atoms with Crippen molar-refractivity contribution in [1.29, 1.82) is 0 Å². The molecule has 0 radical (unpaired) electrons. The third-order valence-electron chi connectivity index (χ3n) is 3.11. The fourth-order valence-electron chi connectivity index (χ4n) is 1.89. The summed E-state index contributed by atoms with van der Waals surface area (Å²) in [5, 5.41) is 4.19. The molecule has 0 unspecified atom stereocenters. The molecule has 1 saturated heterocycles. The molecule has 2 rings (SSSR count). The number of guanidine groups is 1. The second kappa shape index (κ2) is 5.34. The molecule has 4 heteroatoms. The Hall–Kier alpha value is -1.03. The highest BCUT2D eigenvalue weighted by Gasteiger charge is 2.16. The molecule has 0 atom stereocenters. The zero-order chi connectivity index (χ0) is 11.4. The van der Waals surface area contributed by atoms with Gasteiger partial charge < -0.3 is 10.6 Å². The number of likely N-dealkylation sites (tertiary alicyclic amines) is 1. The van der Waals surface area contributed by atoms with Crippen molar-refractivity contribution in [3.05, 3.63) is 22.4 Å². The molecule has 0 amide bonds. The third-order valence-corrected chi connectivity index (χ3v) is 3.84. The largest absolute Gasteiger partial charge is 0.370 e. The van der Waals surface area contributed by atoms with Crippen molar-refractivity contribution in [2.24, 2.45) is 16.6 Å². The summed E-state index contributed by atoms with van der Waals surface area (Å²) in [6.07, 6.45) is 2.46. The Morgan fingerprint density at radius 2 is 2.31 bits per heavy atom. The fraction of sp³-hybridized carbons (Fsp3) is 0.583. The van der Waals surface area contributed by atoms with Crippen LogP contribution < -0.4 is 5.73 Å². The van der Waals surface area contributed by atoms with Crippen molar-refractivity contribution >= 4 is 17.3 Å². The van der Waals surface area contributed by atoms with Crippen LogP contribution in [0.2, 0.25) is 0 Å². The molecule has 3 nitrogen and oxygen atoms in total. The molecule has 0 bridgehead atoms. The average Bonchev–Trinajstić information content (AvgIpc) is 2.80. The summed E-state index contributed by atoms with van der Waals surface area (Å²) < 4.78 is 0. The molecule has 0 aliphatic carbocycles. The lowest BCUT2D eigenvalue weighted by atomic mass is 10.00. The Morgan fingerprint density at radius 3 is 2.94 bits per heavy atom. The van der Waals surface area contributed by atoms with E-state index in [9.17, 15) is 0 Å². The van der Waals surface area contributed by atoms with E-state index in [0.29, 0.717) is 12.5 Å². The van der Waals surface area contributed by atoms with E-state index in [2.05, 4.69) is 33.6 Å². The van der Waals surface area contributed by atoms with Gasteiger partial charge in [-0.3, -0.25) is 0 Å². The monoisotopic (exact) mass is 237 g/mol. The minimum atomic E-state index is 0.707. The molecule has 16 heavy (non-hydrogen) atoms. The molecular weight excluding hydrogens is 218 g/mol. The molecule has 2 heterocycles. The van der Waals surface area contributed by atoms with Crippen LogP contribution in [0.15, 0.2) is 21.8 Å². The first-order valence-corrected chi connectivity index (χ1v) is 6.76. The molecule has 1 aliphatic heterocycles. The van der Waals surface area contributed by atoms with E-state index < -0.39 is 0 Å². The summed E-state index contributed by atoms with van der Waals surface area (Å²) in [6, 6.07) is 2.10. The number of hydrogen-bond acceptors (Lipinski definition) is 2. The molecule has 0 aromatic carbocycles. The smallest absolute Gasteiger partial charge is 0.191 e. The molecule has 2 N–H and O–H groups in total. The van der Waals surface area contributed by atoms with Crippen LogP contribution in [0.25, 0.3) is 0 Å². The minimum absolute atomic E-state index is 0.707. The summed E-state index contributed by atoms with van der Waals surface area (Å²) in [6.45, 7) is 5.12. The van der Waals surface area contributed by atoms with Crippen LogP contribution in [0, 0.1) is 5.92 Å². The van der Waals surface area contributed by atoms with Gasteiger partial charge in [-0.25, -0.2) is 4.99 Å². The van der Waals surface area contributed by atoms with Gasteiger partial charge in [-0.2, -0.15) is 11.3 Å². The van der Waals surface area contributed by atoms with Gasteiger partial charge in [-0.05, 0) is 41.1 Å². The van der Waals surface area contributed by atoms with Crippen molar-refractivity contribution in [3.8, 4) is 0 Å². The van der Waals surface area contributed by atoms with Crippen LogP contribution in [-0.4, -0.2) is 23.9 Å². The Labute approximate surface area is 101 Å². The van der Waals surface area contributed by atoms with Gasteiger partial charge in [0, 0.05) is 13.1 Å². The summed E-state index contributed by atoms with van der Waals surface area (Å²) in [5.74, 6) is 1.54. The normalized spacial score (nSPS) is 19.1. The molecule has 0 spiro atoms. The number of hydrogen-bond donors (Lipinski definition) is 1. The number of aliphatic imine (C=N–C) groups is 1. The number of nitrogens with two attached hydrogens (primary N) is 1. The second-order valence-corrected chi connectivity index (χ2v) is 5.26. The first kappa shape index (κ1) is 11.5. The summed E-state index contributed by atoms with van der Waals surface area (Å²) in [5.41, 5.74) is 7.24. The second-order valence-electron chi connectivity index (χ2n) is 4.48. The molecule has 1 fully saturated rings. The molecular formula is C12H19N3S. The van der Waals surface area contributed by atoms with Crippen molar-refractivity contribution in [2.45, 2.75) is 26.3 Å². The quantitative estimate of drug-likeness (QED) is 0.633. The first-order valence-electron chi connectivity index (χ1n) is 5.81. The summed E-state index contributed by atoms with van der Waals surface area (Å²) in [7, 11) is 0. The molecule has 88 valence electrons. The lowest BCUT2D eigenvalue weighted by molar-refractivity contribution is 0.277. The number of nitrogens with zero attached hydrogens (tertiary/aromatic N) is 2.